The number of hydrogen-bond donors (Lipinski definition) is 2. The fourth-order valence-electron chi connectivity index (χ4n) is 3.57. The molecule has 0 spiro atoms. The van der Waals surface area contributed by atoms with Crippen LogP contribution in [0.25, 0.3) is 0 Å². The summed E-state index contributed by atoms with van der Waals surface area (Å²) in [7, 11) is -3.88. The molecular formula is C15H23N3O4S2. The number of nitrogens with two attached hydrogens (primary N) is 1. The molecule has 0 aromatic carbocycles. The van der Waals surface area contributed by atoms with E-state index in [1.165, 1.54) is 6.07 Å². The average molecular weight is 374 g/mol. The molecule has 7 nitrogen and oxygen atoms in total. The first-order valence-corrected chi connectivity index (χ1v) is 10.6. The number of sulfonamides is 1. The van der Waals surface area contributed by atoms with Crippen LogP contribution in [0.15, 0.2) is 16.3 Å². The van der Waals surface area contributed by atoms with E-state index in [1.54, 1.807) is 10.3 Å². The van der Waals surface area contributed by atoms with Crippen molar-refractivity contribution in [2.45, 2.75) is 42.7 Å². The third-order valence-electron chi connectivity index (χ3n) is 4.83. The predicted octanol–water partition coefficient (Wildman–Crippen LogP) is 0.457. The van der Waals surface area contributed by atoms with Gasteiger partial charge < -0.3 is 10.0 Å². The Morgan fingerprint density at radius 2 is 1.96 bits per heavy atom. The van der Waals surface area contributed by atoms with Crippen LogP contribution in [0.2, 0.25) is 0 Å². The third kappa shape index (κ3) is 3.80. The Morgan fingerprint density at radius 1 is 1.25 bits per heavy atom. The Balaban J connectivity index is 1.63. The maximum Gasteiger partial charge on any atom is 0.265 e. The molecule has 24 heavy (non-hydrogen) atoms. The minimum absolute atomic E-state index is 0.0845. The summed E-state index contributed by atoms with van der Waals surface area (Å²) in [4.78, 5) is 16.8. The van der Waals surface area contributed by atoms with E-state index < -0.39 is 10.0 Å². The number of nitrogens with zero attached hydrogens (tertiary/aromatic N) is 2. The molecule has 2 fully saturated rings. The fourth-order valence-corrected chi connectivity index (χ4v) is 5.51. The normalized spacial score (nSPS) is 24.2. The standard InChI is InChI=1S/C15H23N3O4S2/c16-24(21,22)13-5-9-23-14(13)15(20)17-7-3-11(4-8-17)18-6-1-2-12(19)10-18/h5,9,11-12,19H,1-4,6-8,10H2,(H2,16,21,22). The summed E-state index contributed by atoms with van der Waals surface area (Å²) < 4.78 is 23.1. The molecule has 134 valence electrons. The second kappa shape index (κ2) is 7.09. The van der Waals surface area contributed by atoms with Crippen LogP contribution in [0, 0.1) is 0 Å². The molecule has 3 heterocycles. The number of thiophene rings is 1. The van der Waals surface area contributed by atoms with Crippen molar-refractivity contribution in [3.05, 3.63) is 16.3 Å². The summed E-state index contributed by atoms with van der Waals surface area (Å²) in [6, 6.07) is 1.76. The summed E-state index contributed by atoms with van der Waals surface area (Å²) in [6.07, 6.45) is 3.31. The predicted molar refractivity (Wildman–Crippen MR) is 91.4 cm³/mol. The van der Waals surface area contributed by atoms with Gasteiger partial charge in [-0.05, 0) is 43.7 Å². The molecular weight excluding hydrogens is 350 g/mol. The van der Waals surface area contributed by atoms with Crippen LogP contribution in [-0.4, -0.2) is 67.6 Å². The van der Waals surface area contributed by atoms with Crippen molar-refractivity contribution >= 4 is 27.3 Å². The lowest BCUT2D eigenvalue weighted by Crippen LogP contribution is -2.50. The van der Waals surface area contributed by atoms with Crippen LogP contribution in [0.5, 0.6) is 0 Å². The second-order valence-electron chi connectivity index (χ2n) is 6.47. The van der Waals surface area contributed by atoms with E-state index in [0.717, 1.165) is 43.6 Å². The first-order chi connectivity index (χ1) is 11.4. The molecule has 1 aromatic heterocycles. The molecule has 9 heteroatoms. The van der Waals surface area contributed by atoms with Crippen molar-refractivity contribution in [2.75, 3.05) is 26.2 Å². The Bertz CT molecular complexity index is 695. The Hall–Kier alpha value is -1.00. The van der Waals surface area contributed by atoms with Gasteiger partial charge in [0.05, 0.1) is 6.10 Å². The second-order valence-corrected chi connectivity index (χ2v) is 8.92. The number of rotatable bonds is 3. The number of carbonyl (C=O) groups excluding carboxylic acids is 1. The van der Waals surface area contributed by atoms with E-state index in [1.807, 2.05) is 0 Å². The van der Waals surface area contributed by atoms with E-state index in [9.17, 15) is 18.3 Å². The van der Waals surface area contributed by atoms with Crippen molar-refractivity contribution in [3.63, 3.8) is 0 Å². The lowest BCUT2D eigenvalue weighted by atomic mass is 9.99. The van der Waals surface area contributed by atoms with Gasteiger partial charge in [-0.15, -0.1) is 11.3 Å². The van der Waals surface area contributed by atoms with Gasteiger partial charge in [-0.3, -0.25) is 9.69 Å². The first kappa shape index (κ1) is 17.8. The van der Waals surface area contributed by atoms with Crippen LogP contribution in [-0.2, 0) is 10.0 Å². The number of aliphatic hydroxyl groups excluding tert-OH is 1. The Kier molecular flexibility index (Phi) is 5.26. The average Bonchev–Trinajstić information content (AvgIpc) is 3.04. The molecule has 3 rings (SSSR count). The molecule has 2 aliphatic rings. The van der Waals surface area contributed by atoms with Crippen LogP contribution < -0.4 is 5.14 Å². The van der Waals surface area contributed by atoms with Gasteiger partial charge in [0, 0.05) is 25.7 Å². The molecule has 1 unspecified atom stereocenters. The third-order valence-corrected chi connectivity index (χ3v) is 6.81. The van der Waals surface area contributed by atoms with Gasteiger partial charge in [-0.25, -0.2) is 13.6 Å². The van der Waals surface area contributed by atoms with Crippen LogP contribution >= 0.6 is 11.3 Å². The largest absolute Gasteiger partial charge is 0.392 e. The van der Waals surface area contributed by atoms with E-state index >= 15 is 0 Å². The molecule has 1 amide bonds. The summed E-state index contributed by atoms with van der Waals surface area (Å²) in [5.74, 6) is -0.258. The molecule has 2 saturated heterocycles. The fraction of sp³-hybridized carbons (Fsp3) is 0.667. The first-order valence-electron chi connectivity index (χ1n) is 8.18. The summed E-state index contributed by atoms with van der Waals surface area (Å²) in [6.45, 7) is 2.89. The van der Waals surface area contributed by atoms with Crippen molar-refractivity contribution in [2.24, 2.45) is 5.14 Å². The van der Waals surface area contributed by atoms with Gasteiger partial charge in [0.2, 0.25) is 10.0 Å². The number of amides is 1. The van der Waals surface area contributed by atoms with Gasteiger partial charge in [0.1, 0.15) is 9.77 Å². The van der Waals surface area contributed by atoms with E-state index in [2.05, 4.69) is 4.90 Å². The molecule has 0 bridgehead atoms. The van der Waals surface area contributed by atoms with Gasteiger partial charge in [0.25, 0.3) is 5.91 Å². The summed E-state index contributed by atoms with van der Waals surface area (Å²) in [5.41, 5.74) is 0. The highest BCUT2D eigenvalue weighted by Gasteiger charge is 2.31. The molecule has 0 saturated carbocycles. The SMILES string of the molecule is NS(=O)(=O)c1ccsc1C(=O)N1CCC(N2CCCC(O)C2)CC1. The van der Waals surface area contributed by atoms with Crippen LogP contribution in [0.1, 0.15) is 35.4 Å². The van der Waals surface area contributed by atoms with Crippen molar-refractivity contribution in [1.29, 1.82) is 0 Å². The maximum absolute atomic E-state index is 12.6. The van der Waals surface area contributed by atoms with E-state index in [-0.39, 0.29) is 21.8 Å². The molecule has 1 aromatic rings. The number of carbonyl (C=O) groups is 1. The van der Waals surface area contributed by atoms with E-state index in [0.29, 0.717) is 25.7 Å². The van der Waals surface area contributed by atoms with Crippen molar-refractivity contribution in [3.8, 4) is 0 Å². The number of piperidine rings is 2. The zero-order chi connectivity index (χ0) is 17.3. The van der Waals surface area contributed by atoms with Crippen molar-refractivity contribution < 1.29 is 18.3 Å². The topological polar surface area (TPSA) is 104 Å². The van der Waals surface area contributed by atoms with Crippen LogP contribution in [0.4, 0.5) is 0 Å². The lowest BCUT2D eigenvalue weighted by Gasteiger charge is -2.41. The minimum atomic E-state index is -3.88. The number of aliphatic hydroxyl groups is 1. The maximum atomic E-state index is 12.6. The zero-order valence-corrected chi connectivity index (χ0v) is 15.1. The quantitative estimate of drug-likeness (QED) is 0.801. The Morgan fingerprint density at radius 3 is 2.58 bits per heavy atom. The molecule has 1 atom stereocenters. The highest BCUT2D eigenvalue weighted by atomic mass is 32.2. The minimum Gasteiger partial charge on any atom is -0.392 e. The van der Waals surface area contributed by atoms with Crippen LogP contribution in [0.3, 0.4) is 0 Å². The molecule has 2 aliphatic heterocycles. The monoisotopic (exact) mass is 373 g/mol. The lowest BCUT2D eigenvalue weighted by molar-refractivity contribution is 0.0241. The smallest absolute Gasteiger partial charge is 0.265 e. The highest BCUT2D eigenvalue weighted by Crippen LogP contribution is 2.26. The zero-order valence-electron chi connectivity index (χ0n) is 13.4. The molecule has 3 N–H and O–H groups in total. The van der Waals surface area contributed by atoms with Crippen molar-refractivity contribution in [1.82, 2.24) is 9.80 Å². The highest BCUT2D eigenvalue weighted by molar-refractivity contribution is 7.89. The summed E-state index contributed by atoms with van der Waals surface area (Å²) in [5, 5.41) is 16.6. The number of primary sulfonamides is 1. The molecule has 0 aliphatic carbocycles. The number of β-amino-alcohol motifs (C(OH)–C–C–N with tert-alkyl or cyclic N) is 1. The van der Waals surface area contributed by atoms with Gasteiger partial charge in [-0.2, -0.15) is 0 Å². The van der Waals surface area contributed by atoms with Gasteiger partial charge >= 0.3 is 0 Å². The van der Waals surface area contributed by atoms with Gasteiger partial charge in [-0.1, -0.05) is 0 Å². The van der Waals surface area contributed by atoms with Gasteiger partial charge in [0.15, 0.2) is 0 Å². The Labute approximate surface area is 146 Å². The number of hydrogen-bond acceptors (Lipinski definition) is 6. The summed E-state index contributed by atoms with van der Waals surface area (Å²) >= 11 is 1.11. The van der Waals surface area contributed by atoms with E-state index in [4.69, 9.17) is 5.14 Å². The molecule has 0 radical (unpaired) electrons. The number of likely N-dealkylation sites (tertiary alicyclic amines) is 2.